The van der Waals surface area contributed by atoms with Gasteiger partial charge in [0.25, 0.3) is 0 Å². The van der Waals surface area contributed by atoms with Crippen LogP contribution in [0.1, 0.15) is 42.0 Å². The number of aromatic hydroxyl groups is 2. The minimum absolute atomic E-state index is 0.115. The van der Waals surface area contributed by atoms with Gasteiger partial charge in [0.15, 0.2) is 0 Å². The van der Waals surface area contributed by atoms with Gasteiger partial charge in [0.05, 0.1) is 29.0 Å². The molecule has 0 amide bonds. The van der Waals surface area contributed by atoms with E-state index < -0.39 is 45.8 Å². The number of fused-ring (bicyclic) bond motifs is 2. The van der Waals surface area contributed by atoms with Crippen LogP contribution >= 0.6 is 0 Å². The lowest BCUT2D eigenvalue weighted by molar-refractivity contribution is -0.141. The van der Waals surface area contributed by atoms with E-state index in [1.54, 1.807) is 36.4 Å². The van der Waals surface area contributed by atoms with Crippen molar-refractivity contribution in [1.29, 1.82) is 0 Å². The molecule has 4 rings (SSSR count). The Bertz CT molecular complexity index is 1400. The molecule has 0 aliphatic carbocycles. The van der Waals surface area contributed by atoms with Crippen LogP contribution in [0.2, 0.25) is 0 Å². The molecule has 0 unspecified atom stereocenters. The molecular formula is C25H22O8. The van der Waals surface area contributed by atoms with Gasteiger partial charge in [-0.3, -0.25) is 4.79 Å². The molecule has 4 aromatic rings. The van der Waals surface area contributed by atoms with Gasteiger partial charge in [-0.25, -0.2) is 9.59 Å². The fraction of sp³-hybridized carbons (Fsp3) is 0.240. The molecule has 2 aromatic carbocycles. The highest BCUT2D eigenvalue weighted by atomic mass is 16.5. The Morgan fingerprint density at radius 2 is 1.27 bits per heavy atom. The Morgan fingerprint density at radius 1 is 0.848 bits per heavy atom. The highest BCUT2D eigenvalue weighted by Gasteiger charge is 2.37. The Kier molecular flexibility index (Phi) is 5.68. The fourth-order valence-electron chi connectivity index (χ4n) is 3.94. The van der Waals surface area contributed by atoms with E-state index in [1.165, 1.54) is 0 Å². The summed E-state index contributed by atoms with van der Waals surface area (Å²) < 4.78 is 15.5. The van der Waals surface area contributed by atoms with E-state index >= 15 is 0 Å². The summed E-state index contributed by atoms with van der Waals surface area (Å²) in [7, 11) is 1.07. The SMILES string of the molecule is CCc1ccc2oc(=O)c(C(C(=O)OC)c3c(O)c4cc(CC)ccc4oc3=O)c(O)c2c1. The second-order valence-electron chi connectivity index (χ2n) is 7.63. The van der Waals surface area contributed by atoms with Gasteiger partial charge in [-0.1, -0.05) is 26.0 Å². The van der Waals surface area contributed by atoms with Crippen LogP contribution in [0.5, 0.6) is 11.5 Å². The quantitative estimate of drug-likeness (QED) is 0.348. The average Bonchev–Trinajstić information content (AvgIpc) is 2.82. The van der Waals surface area contributed by atoms with Gasteiger partial charge in [0.1, 0.15) is 28.6 Å². The minimum atomic E-state index is -1.77. The van der Waals surface area contributed by atoms with E-state index in [4.69, 9.17) is 13.6 Å². The van der Waals surface area contributed by atoms with E-state index in [0.717, 1.165) is 18.2 Å². The first-order chi connectivity index (χ1) is 15.8. The number of methoxy groups -OCH3 is 1. The largest absolute Gasteiger partial charge is 0.507 e. The van der Waals surface area contributed by atoms with Crippen LogP contribution in [0.3, 0.4) is 0 Å². The molecule has 0 saturated carbocycles. The second-order valence-corrected chi connectivity index (χ2v) is 7.63. The summed E-state index contributed by atoms with van der Waals surface area (Å²) in [5, 5.41) is 22.4. The lowest BCUT2D eigenvalue weighted by Gasteiger charge is -2.17. The van der Waals surface area contributed by atoms with Crippen LogP contribution in [0.15, 0.2) is 54.8 Å². The van der Waals surface area contributed by atoms with Crippen LogP contribution in [0, 0.1) is 0 Å². The van der Waals surface area contributed by atoms with E-state index in [-0.39, 0.29) is 21.9 Å². The maximum atomic E-state index is 12.9. The van der Waals surface area contributed by atoms with E-state index in [9.17, 15) is 24.6 Å². The number of aryl methyl sites for hydroxylation is 2. The lowest BCUT2D eigenvalue weighted by atomic mass is 9.90. The molecule has 170 valence electrons. The minimum Gasteiger partial charge on any atom is -0.507 e. The van der Waals surface area contributed by atoms with Crippen molar-refractivity contribution in [2.75, 3.05) is 7.11 Å². The highest BCUT2D eigenvalue weighted by Crippen LogP contribution is 2.39. The highest BCUT2D eigenvalue weighted by molar-refractivity contribution is 5.92. The van der Waals surface area contributed by atoms with E-state index in [1.807, 2.05) is 13.8 Å². The molecule has 2 heterocycles. The number of rotatable bonds is 5. The second kappa shape index (κ2) is 8.46. The van der Waals surface area contributed by atoms with Gasteiger partial charge in [0, 0.05) is 0 Å². The van der Waals surface area contributed by atoms with Crippen LogP contribution in [-0.4, -0.2) is 23.3 Å². The molecular weight excluding hydrogens is 428 g/mol. The molecule has 0 saturated heterocycles. The van der Waals surface area contributed by atoms with Crippen molar-refractivity contribution in [3.63, 3.8) is 0 Å². The maximum absolute atomic E-state index is 12.9. The molecule has 0 atom stereocenters. The summed E-state index contributed by atoms with van der Waals surface area (Å²) in [5.74, 6) is -3.88. The van der Waals surface area contributed by atoms with Gasteiger partial charge < -0.3 is 23.8 Å². The number of carbonyl (C=O) groups is 1. The Hall–Kier alpha value is -4.07. The Morgan fingerprint density at radius 3 is 1.64 bits per heavy atom. The average molecular weight is 450 g/mol. The fourth-order valence-corrected chi connectivity index (χ4v) is 3.94. The van der Waals surface area contributed by atoms with Gasteiger partial charge >= 0.3 is 17.2 Å². The summed E-state index contributed by atoms with van der Waals surface area (Å²) in [6.07, 6.45) is 1.30. The Balaban J connectivity index is 2.08. The summed E-state index contributed by atoms with van der Waals surface area (Å²) in [6.45, 7) is 3.83. The smallest absolute Gasteiger partial charge is 0.344 e. The zero-order chi connectivity index (χ0) is 23.9. The van der Waals surface area contributed by atoms with Crippen LogP contribution in [-0.2, 0) is 22.4 Å². The molecule has 8 heteroatoms. The molecule has 2 aromatic heterocycles. The van der Waals surface area contributed by atoms with Crippen molar-refractivity contribution in [2.24, 2.45) is 0 Å². The molecule has 0 fully saturated rings. The van der Waals surface area contributed by atoms with Gasteiger partial charge in [0.2, 0.25) is 0 Å². The molecule has 0 aliphatic heterocycles. The van der Waals surface area contributed by atoms with Crippen molar-refractivity contribution in [3.05, 3.63) is 79.5 Å². The zero-order valence-corrected chi connectivity index (χ0v) is 18.3. The summed E-state index contributed by atoms with van der Waals surface area (Å²) in [4.78, 5) is 38.6. The zero-order valence-electron chi connectivity index (χ0n) is 18.3. The van der Waals surface area contributed by atoms with Crippen molar-refractivity contribution >= 4 is 27.9 Å². The number of carbonyl (C=O) groups excluding carboxylic acids is 1. The number of benzene rings is 2. The summed E-state index contributed by atoms with van der Waals surface area (Å²) in [6, 6.07) is 9.83. The first kappa shape index (κ1) is 22.1. The van der Waals surface area contributed by atoms with Gasteiger partial charge in [-0.05, 0) is 48.2 Å². The third kappa shape index (κ3) is 3.63. The van der Waals surface area contributed by atoms with Crippen LogP contribution in [0.25, 0.3) is 21.9 Å². The standard InChI is InChI=1S/C25H22O8/c1-4-12-6-8-16-14(10-12)21(26)19(24(29)32-16)18(23(28)31-3)20-22(27)15-11-13(5-2)7-9-17(15)33-25(20)30/h6-11,18,26-27H,4-5H2,1-3H3. The number of hydrogen-bond donors (Lipinski definition) is 2. The summed E-state index contributed by atoms with van der Waals surface area (Å²) >= 11 is 0. The first-order valence-electron chi connectivity index (χ1n) is 10.5. The molecule has 0 bridgehead atoms. The topological polar surface area (TPSA) is 127 Å². The third-order valence-corrected chi connectivity index (χ3v) is 5.78. The predicted molar refractivity (Wildman–Crippen MR) is 121 cm³/mol. The van der Waals surface area contributed by atoms with Crippen molar-refractivity contribution in [1.82, 2.24) is 0 Å². The normalized spacial score (nSPS) is 11.4. The number of hydrogen-bond acceptors (Lipinski definition) is 8. The van der Waals surface area contributed by atoms with Crippen LogP contribution < -0.4 is 11.3 Å². The first-order valence-corrected chi connectivity index (χ1v) is 10.5. The monoisotopic (exact) mass is 450 g/mol. The van der Waals surface area contributed by atoms with Crippen LogP contribution in [0.4, 0.5) is 0 Å². The maximum Gasteiger partial charge on any atom is 0.344 e. The van der Waals surface area contributed by atoms with E-state index in [2.05, 4.69) is 0 Å². The van der Waals surface area contributed by atoms with E-state index in [0.29, 0.717) is 12.8 Å². The molecule has 8 nitrogen and oxygen atoms in total. The Labute approximate surface area is 187 Å². The van der Waals surface area contributed by atoms with Crippen molar-refractivity contribution in [3.8, 4) is 11.5 Å². The number of esters is 1. The molecule has 2 N–H and O–H groups in total. The number of ether oxygens (including phenoxy) is 1. The summed E-state index contributed by atoms with van der Waals surface area (Å²) in [5.41, 5.74) is -1.18. The van der Waals surface area contributed by atoms with Gasteiger partial charge in [-0.2, -0.15) is 0 Å². The molecule has 0 spiro atoms. The molecule has 33 heavy (non-hydrogen) atoms. The predicted octanol–water partition coefficient (Wildman–Crippen LogP) is 3.74. The molecule has 0 aliphatic rings. The lowest BCUT2D eigenvalue weighted by Crippen LogP contribution is -2.27. The molecule has 0 radical (unpaired) electrons. The van der Waals surface area contributed by atoms with Crippen molar-refractivity contribution < 1.29 is 28.6 Å². The third-order valence-electron chi connectivity index (χ3n) is 5.78. The van der Waals surface area contributed by atoms with Gasteiger partial charge in [-0.15, -0.1) is 0 Å². The van der Waals surface area contributed by atoms with Crippen molar-refractivity contribution in [2.45, 2.75) is 32.6 Å².